The maximum Gasteiger partial charge on any atom is 0.270 e. The van der Waals surface area contributed by atoms with Crippen molar-refractivity contribution in [3.05, 3.63) is 107 Å². The summed E-state index contributed by atoms with van der Waals surface area (Å²) in [4.78, 5) is 27.5. The topological polar surface area (TPSA) is 67.9 Å². The van der Waals surface area contributed by atoms with Gasteiger partial charge in [-0.05, 0) is 84.2 Å². The second-order valence-corrected chi connectivity index (χ2v) is 8.99. The van der Waals surface area contributed by atoms with Gasteiger partial charge in [0.2, 0.25) is 0 Å². The Kier molecular flexibility index (Phi) is 8.33. The maximum atomic E-state index is 13.6. The van der Waals surface area contributed by atoms with E-state index in [-0.39, 0.29) is 23.1 Å². The molecule has 194 valence electrons. The highest BCUT2D eigenvalue weighted by Gasteiger charge is 2.34. The molecular weight excluding hydrogens is 503 g/mol. The van der Waals surface area contributed by atoms with Crippen molar-refractivity contribution in [2.24, 2.45) is 0 Å². The summed E-state index contributed by atoms with van der Waals surface area (Å²) in [7, 11) is 1.50. The van der Waals surface area contributed by atoms with E-state index >= 15 is 0 Å². The van der Waals surface area contributed by atoms with Crippen LogP contribution in [0.15, 0.2) is 78.9 Å². The van der Waals surface area contributed by atoms with Crippen LogP contribution < -0.4 is 19.7 Å². The van der Waals surface area contributed by atoms with Crippen LogP contribution in [0.5, 0.6) is 11.5 Å². The number of benzene rings is 3. The summed E-state index contributed by atoms with van der Waals surface area (Å²) in [6.45, 7) is 5.98. The third kappa shape index (κ3) is 5.81. The average Bonchev–Trinajstić information content (AvgIpc) is 2.90. The van der Waals surface area contributed by atoms with Gasteiger partial charge in [0.25, 0.3) is 11.8 Å². The monoisotopic (exact) mass is 530 g/mol. The number of hydrogen-bond donors (Lipinski definition) is 1. The van der Waals surface area contributed by atoms with Crippen LogP contribution in [0.3, 0.4) is 0 Å². The second-order valence-electron chi connectivity index (χ2n) is 8.60. The predicted molar refractivity (Wildman–Crippen MR) is 150 cm³/mol. The van der Waals surface area contributed by atoms with Crippen LogP contribution in [0.25, 0.3) is 6.08 Å². The number of anilines is 1. The van der Waals surface area contributed by atoms with Crippen molar-refractivity contribution in [1.29, 1.82) is 0 Å². The fourth-order valence-electron chi connectivity index (χ4n) is 4.11. The highest BCUT2D eigenvalue weighted by molar-refractivity contribution is 7.80. The van der Waals surface area contributed by atoms with Crippen LogP contribution >= 0.6 is 12.2 Å². The lowest BCUT2D eigenvalue weighted by molar-refractivity contribution is -0.122. The fraction of sp³-hybridized carbons (Fsp3) is 0.167. The smallest absolute Gasteiger partial charge is 0.270 e. The molecule has 0 radical (unpaired) electrons. The van der Waals surface area contributed by atoms with Crippen molar-refractivity contribution in [3.8, 4) is 11.5 Å². The molecule has 6 nitrogen and oxygen atoms in total. The molecule has 0 bridgehead atoms. The number of nitrogens with zero attached hydrogens (tertiary/aromatic N) is 1. The molecule has 0 unspecified atom stereocenters. The third-order valence-electron chi connectivity index (χ3n) is 6.03. The summed E-state index contributed by atoms with van der Waals surface area (Å²) in [6.07, 6.45) is 4.50. The highest BCUT2D eigenvalue weighted by Crippen LogP contribution is 2.35. The number of amides is 2. The lowest BCUT2D eigenvalue weighted by atomic mass is 10.0. The summed E-state index contributed by atoms with van der Waals surface area (Å²) < 4.78 is 25.2. The average molecular weight is 531 g/mol. The Labute approximate surface area is 226 Å². The van der Waals surface area contributed by atoms with Crippen molar-refractivity contribution in [2.75, 3.05) is 12.0 Å². The number of rotatable bonds is 9. The summed E-state index contributed by atoms with van der Waals surface area (Å²) in [6, 6.07) is 17.1. The van der Waals surface area contributed by atoms with Crippen LogP contribution in [0.2, 0.25) is 0 Å². The van der Waals surface area contributed by atoms with Gasteiger partial charge in [0.15, 0.2) is 16.6 Å². The molecule has 1 aliphatic rings. The Morgan fingerprint density at radius 2 is 1.84 bits per heavy atom. The largest absolute Gasteiger partial charge is 0.493 e. The Balaban J connectivity index is 1.68. The molecule has 4 rings (SSSR count). The molecule has 3 aromatic rings. The van der Waals surface area contributed by atoms with E-state index in [1.54, 1.807) is 42.5 Å². The van der Waals surface area contributed by atoms with Crippen LogP contribution in [0.1, 0.15) is 29.2 Å². The van der Waals surface area contributed by atoms with E-state index in [4.69, 9.17) is 21.7 Å². The quantitative estimate of drug-likeness (QED) is 0.170. The molecule has 1 aliphatic heterocycles. The first-order valence-electron chi connectivity index (χ1n) is 12.0. The zero-order chi connectivity index (χ0) is 27.2. The fourth-order valence-corrected chi connectivity index (χ4v) is 4.39. The molecule has 38 heavy (non-hydrogen) atoms. The SMILES string of the molecule is C=CCc1cc(/C=C2\C(=O)NC(=S)N(c3ccc(CC)cc3)C2=O)cc(OC)c1OCc1cccc(F)c1. The van der Waals surface area contributed by atoms with Crippen LogP contribution in [-0.2, 0) is 29.0 Å². The molecule has 1 saturated heterocycles. The van der Waals surface area contributed by atoms with E-state index in [0.29, 0.717) is 34.7 Å². The van der Waals surface area contributed by atoms with Gasteiger partial charge >= 0.3 is 0 Å². The molecule has 0 aliphatic carbocycles. The van der Waals surface area contributed by atoms with Gasteiger partial charge in [-0.25, -0.2) is 4.39 Å². The van der Waals surface area contributed by atoms with Gasteiger partial charge in [-0.2, -0.15) is 0 Å². The van der Waals surface area contributed by atoms with Gasteiger partial charge in [-0.1, -0.05) is 37.3 Å². The molecule has 3 aromatic carbocycles. The Morgan fingerprint density at radius 3 is 2.50 bits per heavy atom. The van der Waals surface area contributed by atoms with E-state index in [1.807, 2.05) is 19.1 Å². The number of methoxy groups -OCH3 is 1. The van der Waals surface area contributed by atoms with Gasteiger partial charge in [0.05, 0.1) is 12.8 Å². The van der Waals surface area contributed by atoms with Gasteiger partial charge in [0, 0.05) is 5.56 Å². The molecule has 0 saturated carbocycles. The minimum Gasteiger partial charge on any atom is -0.493 e. The van der Waals surface area contributed by atoms with Crippen molar-refractivity contribution in [3.63, 3.8) is 0 Å². The first-order chi connectivity index (χ1) is 18.3. The highest BCUT2D eigenvalue weighted by atomic mass is 32.1. The summed E-state index contributed by atoms with van der Waals surface area (Å²) in [5.74, 6) is -0.594. The first-order valence-corrected chi connectivity index (χ1v) is 12.4. The van der Waals surface area contributed by atoms with E-state index in [1.165, 1.54) is 30.2 Å². The minimum atomic E-state index is -0.586. The third-order valence-corrected chi connectivity index (χ3v) is 6.31. The zero-order valence-electron chi connectivity index (χ0n) is 21.1. The molecule has 1 fully saturated rings. The Bertz CT molecular complexity index is 1430. The standard InChI is InChI=1S/C30H27FN2O4S/c1-4-7-22-14-21(17-26(36-3)27(22)37-18-20-8-6-9-23(31)15-20)16-25-28(34)32-30(38)33(29(25)35)24-12-10-19(5-2)11-13-24/h4,6,8-17H,1,5,7,18H2,2-3H3,(H,32,34,38)/b25-16+. The normalized spacial score (nSPS) is 14.4. The Morgan fingerprint density at radius 1 is 1.08 bits per heavy atom. The zero-order valence-corrected chi connectivity index (χ0v) is 21.9. The molecule has 1 heterocycles. The summed E-state index contributed by atoms with van der Waals surface area (Å²) in [5.41, 5.74) is 3.56. The van der Waals surface area contributed by atoms with Crippen molar-refractivity contribution >= 4 is 40.9 Å². The molecule has 8 heteroatoms. The number of hydrogen-bond acceptors (Lipinski definition) is 5. The number of allylic oxidation sites excluding steroid dienone is 1. The number of thiocarbonyl (C=S) groups is 1. The summed E-state index contributed by atoms with van der Waals surface area (Å²) in [5, 5.41) is 2.63. The lowest BCUT2D eigenvalue weighted by Crippen LogP contribution is -2.54. The second kappa shape index (κ2) is 11.8. The number of carbonyl (C=O) groups excluding carboxylic acids is 2. The number of nitrogens with one attached hydrogen (secondary N) is 1. The minimum absolute atomic E-state index is 0.0208. The molecule has 1 N–H and O–H groups in total. The van der Waals surface area contributed by atoms with E-state index in [9.17, 15) is 14.0 Å². The van der Waals surface area contributed by atoms with Crippen molar-refractivity contribution < 1.29 is 23.5 Å². The first kappa shape index (κ1) is 26.8. The number of halogens is 1. The van der Waals surface area contributed by atoms with Crippen molar-refractivity contribution in [1.82, 2.24) is 5.32 Å². The molecule has 0 spiro atoms. The molecule has 0 atom stereocenters. The van der Waals surface area contributed by atoms with Gasteiger partial charge in [-0.15, -0.1) is 6.58 Å². The van der Waals surface area contributed by atoms with Crippen LogP contribution in [-0.4, -0.2) is 24.0 Å². The number of aryl methyl sites for hydroxylation is 1. The number of carbonyl (C=O) groups is 2. The van der Waals surface area contributed by atoms with E-state index in [0.717, 1.165) is 17.5 Å². The van der Waals surface area contributed by atoms with Crippen LogP contribution in [0.4, 0.5) is 10.1 Å². The predicted octanol–water partition coefficient (Wildman–Crippen LogP) is 5.54. The van der Waals surface area contributed by atoms with Gasteiger partial charge < -0.3 is 9.47 Å². The van der Waals surface area contributed by atoms with Gasteiger partial charge in [0.1, 0.15) is 18.0 Å². The van der Waals surface area contributed by atoms with Crippen LogP contribution in [0, 0.1) is 5.82 Å². The lowest BCUT2D eigenvalue weighted by Gasteiger charge is -2.29. The van der Waals surface area contributed by atoms with Crippen molar-refractivity contribution in [2.45, 2.75) is 26.4 Å². The number of ether oxygens (including phenoxy) is 2. The van der Waals surface area contributed by atoms with E-state index in [2.05, 4.69) is 11.9 Å². The van der Waals surface area contributed by atoms with E-state index < -0.39 is 11.8 Å². The van der Waals surface area contributed by atoms with Gasteiger partial charge in [-0.3, -0.25) is 19.8 Å². The molecular formula is C30H27FN2O4S. The molecule has 0 aromatic heterocycles. The Hall–Kier alpha value is -4.30. The maximum absolute atomic E-state index is 13.6. The molecule has 2 amide bonds. The summed E-state index contributed by atoms with van der Waals surface area (Å²) >= 11 is 5.31.